The third kappa shape index (κ3) is 3.23. The summed E-state index contributed by atoms with van der Waals surface area (Å²) in [5.74, 6) is 0. The smallest absolute Gasteiger partial charge is 0.318 e. The average molecular weight is 248 g/mol. The van der Waals surface area contributed by atoms with Crippen molar-refractivity contribution in [2.75, 3.05) is 26.3 Å². The molecule has 1 aromatic carbocycles. The molecule has 4 nitrogen and oxygen atoms in total. The molecule has 0 saturated carbocycles. The molecule has 1 aliphatic heterocycles. The topological polar surface area (TPSA) is 41.6 Å². The van der Waals surface area contributed by atoms with Crippen LogP contribution in [0, 0.1) is 0 Å². The first-order valence-electron chi connectivity index (χ1n) is 6.49. The van der Waals surface area contributed by atoms with Gasteiger partial charge in [0.15, 0.2) is 0 Å². The Hall–Kier alpha value is -1.55. The van der Waals surface area contributed by atoms with Crippen molar-refractivity contribution >= 4 is 6.03 Å². The van der Waals surface area contributed by atoms with Crippen molar-refractivity contribution in [3.8, 4) is 0 Å². The lowest BCUT2D eigenvalue weighted by atomic mass is 10.1. The van der Waals surface area contributed by atoms with Crippen molar-refractivity contribution in [3.05, 3.63) is 35.9 Å². The van der Waals surface area contributed by atoms with Crippen LogP contribution in [0.3, 0.4) is 0 Å². The summed E-state index contributed by atoms with van der Waals surface area (Å²) < 4.78 is 5.24. The molecule has 18 heavy (non-hydrogen) atoms. The number of nitrogens with one attached hydrogen (secondary N) is 1. The van der Waals surface area contributed by atoms with Crippen LogP contribution in [0.2, 0.25) is 0 Å². The number of hydrogen-bond donors (Lipinski definition) is 1. The lowest BCUT2D eigenvalue weighted by Crippen LogP contribution is -2.47. The lowest BCUT2D eigenvalue weighted by Gasteiger charge is -2.29. The molecule has 0 spiro atoms. The van der Waals surface area contributed by atoms with Gasteiger partial charge in [0, 0.05) is 13.1 Å². The van der Waals surface area contributed by atoms with Crippen molar-refractivity contribution in [2.45, 2.75) is 19.4 Å². The van der Waals surface area contributed by atoms with E-state index in [4.69, 9.17) is 4.74 Å². The maximum atomic E-state index is 12.1. The average Bonchev–Trinajstić information content (AvgIpc) is 2.46. The summed E-state index contributed by atoms with van der Waals surface area (Å²) >= 11 is 0. The highest BCUT2D eigenvalue weighted by atomic mass is 16.5. The Morgan fingerprint density at radius 3 is 2.61 bits per heavy atom. The van der Waals surface area contributed by atoms with E-state index in [1.165, 1.54) is 0 Å². The van der Waals surface area contributed by atoms with Crippen LogP contribution in [0.25, 0.3) is 0 Å². The highest BCUT2D eigenvalue weighted by Crippen LogP contribution is 2.16. The van der Waals surface area contributed by atoms with E-state index in [-0.39, 0.29) is 12.1 Å². The minimum Gasteiger partial charge on any atom is -0.378 e. The largest absolute Gasteiger partial charge is 0.378 e. The van der Waals surface area contributed by atoms with E-state index in [1.807, 2.05) is 35.2 Å². The van der Waals surface area contributed by atoms with E-state index in [0.717, 1.165) is 12.0 Å². The van der Waals surface area contributed by atoms with Gasteiger partial charge in [0.2, 0.25) is 0 Å². The standard InChI is InChI=1S/C14H20N2O2/c1-2-13(12-6-4-3-5-7-12)15-14(17)16-8-10-18-11-9-16/h3-7,13H,2,8-11H2,1H3,(H,15,17)/t13-/m0/s1. The molecular formula is C14H20N2O2. The second kappa shape index (κ2) is 6.40. The van der Waals surface area contributed by atoms with Crippen molar-refractivity contribution in [2.24, 2.45) is 0 Å². The fourth-order valence-electron chi connectivity index (χ4n) is 2.11. The van der Waals surface area contributed by atoms with Crippen LogP contribution >= 0.6 is 0 Å². The first-order valence-corrected chi connectivity index (χ1v) is 6.49. The number of nitrogens with zero attached hydrogens (tertiary/aromatic N) is 1. The van der Waals surface area contributed by atoms with Gasteiger partial charge < -0.3 is 15.0 Å². The number of urea groups is 1. The van der Waals surface area contributed by atoms with Crippen LogP contribution in [0.5, 0.6) is 0 Å². The number of ether oxygens (including phenoxy) is 1. The fourth-order valence-corrected chi connectivity index (χ4v) is 2.11. The molecule has 1 atom stereocenters. The molecule has 4 heteroatoms. The van der Waals surface area contributed by atoms with Crippen LogP contribution in [0.4, 0.5) is 4.79 Å². The normalized spacial score (nSPS) is 17.3. The summed E-state index contributed by atoms with van der Waals surface area (Å²) in [6, 6.07) is 10.2. The zero-order valence-electron chi connectivity index (χ0n) is 10.8. The Morgan fingerprint density at radius 1 is 1.33 bits per heavy atom. The van der Waals surface area contributed by atoms with Crippen LogP contribution < -0.4 is 5.32 Å². The molecular weight excluding hydrogens is 228 g/mol. The van der Waals surface area contributed by atoms with Gasteiger partial charge in [-0.2, -0.15) is 0 Å². The number of morpholine rings is 1. The molecule has 0 radical (unpaired) electrons. The van der Waals surface area contributed by atoms with Gasteiger partial charge in [0.1, 0.15) is 0 Å². The van der Waals surface area contributed by atoms with E-state index in [2.05, 4.69) is 12.2 Å². The fraction of sp³-hybridized carbons (Fsp3) is 0.500. The van der Waals surface area contributed by atoms with Crippen molar-refractivity contribution in [3.63, 3.8) is 0 Å². The number of carbonyl (C=O) groups excluding carboxylic acids is 1. The van der Waals surface area contributed by atoms with Crippen molar-refractivity contribution in [1.29, 1.82) is 0 Å². The van der Waals surface area contributed by atoms with Gasteiger partial charge in [-0.1, -0.05) is 37.3 Å². The Kier molecular flexibility index (Phi) is 4.59. The Morgan fingerprint density at radius 2 is 2.00 bits per heavy atom. The van der Waals surface area contributed by atoms with E-state index in [0.29, 0.717) is 26.3 Å². The summed E-state index contributed by atoms with van der Waals surface area (Å²) in [7, 11) is 0. The summed E-state index contributed by atoms with van der Waals surface area (Å²) in [4.78, 5) is 13.9. The molecule has 98 valence electrons. The van der Waals surface area contributed by atoms with Crippen LogP contribution in [-0.4, -0.2) is 37.2 Å². The quantitative estimate of drug-likeness (QED) is 0.890. The Bertz CT molecular complexity index is 375. The van der Waals surface area contributed by atoms with Gasteiger partial charge >= 0.3 is 6.03 Å². The van der Waals surface area contributed by atoms with Crippen LogP contribution in [0.1, 0.15) is 24.9 Å². The number of rotatable bonds is 3. The lowest BCUT2D eigenvalue weighted by molar-refractivity contribution is 0.0524. The molecule has 1 N–H and O–H groups in total. The number of amides is 2. The molecule has 0 bridgehead atoms. The molecule has 0 aliphatic carbocycles. The Balaban J connectivity index is 1.95. The molecule has 1 fully saturated rings. The van der Waals surface area contributed by atoms with Gasteiger partial charge in [-0.15, -0.1) is 0 Å². The predicted molar refractivity (Wildman–Crippen MR) is 70.4 cm³/mol. The monoisotopic (exact) mass is 248 g/mol. The number of hydrogen-bond acceptors (Lipinski definition) is 2. The van der Waals surface area contributed by atoms with Crippen molar-refractivity contribution < 1.29 is 9.53 Å². The number of benzene rings is 1. The first kappa shape index (κ1) is 12.9. The molecule has 2 rings (SSSR count). The summed E-state index contributed by atoms with van der Waals surface area (Å²) in [6.07, 6.45) is 0.889. The molecule has 2 amide bonds. The second-order valence-electron chi connectivity index (χ2n) is 4.42. The highest BCUT2D eigenvalue weighted by molar-refractivity contribution is 5.74. The van der Waals surface area contributed by atoms with Crippen LogP contribution in [0.15, 0.2) is 30.3 Å². The minimum atomic E-state index is 0.00834. The van der Waals surface area contributed by atoms with E-state index < -0.39 is 0 Å². The molecule has 1 saturated heterocycles. The summed E-state index contributed by atoms with van der Waals surface area (Å²) in [5.41, 5.74) is 1.15. The molecule has 1 heterocycles. The van der Waals surface area contributed by atoms with E-state index >= 15 is 0 Å². The van der Waals surface area contributed by atoms with Gasteiger partial charge in [-0.25, -0.2) is 4.79 Å². The maximum absolute atomic E-state index is 12.1. The van der Waals surface area contributed by atoms with Gasteiger partial charge in [0.25, 0.3) is 0 Å². The Labute approximate surface area is 108 Å². The second-order valence-corrected chi connectivity index (χ2v) is 4.42. The number of carbonyl (C=O) groups is 1. The van der Waals surface area contributed by atoms with Gasteiger partial charge in [-0.3, -0.25) is 0 Å². The van der Waals surface area contributed by atoms with Crippen molar-refractivity contribution in [1.82, 2.24) is 10.2 Å². The third-order valence-corrected chi connectivity index (χ3v) is 3.21. The van der Waals surface area contributed by atoms with Gasteiger partial charge in [0.05, 0.1) is 19.3 Å². The van der Waals surface area contributed by atoms with Gasteiger partial charge in [-0.05, 0) is 12.0 Å². The maximum Gasteiger partial charge on any atom is 0.318 e. The molecule has 0 aromatic heterocycles. The minimum absolute atomic E-state index is 0.00834. The first-order chi connectivity index (χ1) is 8.81. The molecule has 1 aromatic rings. The summed E-state index contributed by atoms with van der Waals surface area (Å²) in [6.45, 7) is 4.70. The van der Waals surface area contributed by atoms with E-state index in [9.17, 15) is 4.79 Å². The highest BCUT2D eigenvalue weighted by Gasteiger charge is 2.19. The molecule has 0 unspecified atom stereocenters. The summed E-state index contributed by atoms with van der Waals surface area (Å²) in [5, 5.41) is 3.08. The van der Waals surface area contributed by atoms with E-state index in [1.54, 1.807) is 0 Å². The SMILES string of the molecule is CC[C@H](NC(=O)N1CCOCC1)c1ccccc1. The zero-order chi connectivity index (χ0) is 12.8. The third-order valence-electron chi connectivity index (χ3n) is 3.21. The zero-order valence-corrected chi connectivity index (χ0v) is 10.8. The predicted octanol–water partition coefficient (Wildman–Crippen LogP) is 2.18. The molecule has 1 aliphatic rings. The van der Waals surface area contributed by atoms with Crippen LogP contribution in [-0.2, 0) is 4.74 Å².